The number of benzene rings is 1. The maximum Gasteiger partial charge on any atom is 0.309 e. The molecule has 1 aliphatic rings. The zero-order valence-corrected chi connectivity index (χ0v) is 15.7. The van der Waals surface area contributed by atoms with E-state index in [2.05, 4.69) is 10.6 Å². The smallest absolute Gasteiger partial charge is 0.309 e. The average Bonchev–Trinajstić information content (AvgIpc) is 2.60. The Kier molecular flexibility index (Phi) is 6.71. The van der Waals surface area contributed by atoms with Gasteiger partial charge in [-0.1, -0.05) is 6.42 Å². The third kappa shape index (κ3) is 4.59. The molecule has 1 heterocycles. The van der Waals surface area contributed by atoms with E-state index in [4.69, 9.17) is 0 Å². The number of carbonyl (C=O) groups is 2. The summed E-state index contributed by atoms with van der Waals surface area (Å²) < 4.78 is 40.8. The number of hydrogen-bond acceptors (Lipinski definition) is 4. The molecule has 0 aromatic heterocycles. The lowest BCUT2D eigenvalue weighted by atomic mass is 10.0. The van der Waals surface area contributed by atoms with E-state index in [1.54, 1.807) is 6.92 Å². The van der Waals surface area contributed by atoms with Crippen LogP contribution in [-0.4, -0.2) is 50.7 Å². The fraction of sp³-hybridized carbons (Fsp3) is 0.529. The lowest BCUT2D eigenvalue weighted by Gasteiger charge is -2.35. The van der Waals surface area contributed by atoms with Gasteiger partial charge in [0.05, 0.1) is 4.90 Å². The molecular weight excluding hydrogens is 361 g/mol. The van der Waals surface area contributed by atoms with Gasteiger partial charge in [0, 0.05) is 26.2 Å². The van der Waals surface area contributed by atoms with Crippen LogP contribution in [0.1, 0.15) is 31.2 Å². The third-order valence-electron chi connectivity index (χ3n) is 4.49. The quantitative estimate of drug-likeness (QED) is 0.737. The molecule has 1 aromatic rings. The van der Waals surface area contributed by atoms with Gasteiger partial charge in [0.2, 0.25) is 10.0 Å². The van der Waals surface area contributed by atoms with Crippen molar-refractivity contribution >= 4 is 21.8 Å². The molecule has 0 spiro atoms. The van der Waals surface area contributed by atoms with E-state index in [1.807, 2.05) is 0 Å². The highest BCUT2D eigenvalue weighted by Gasteiger charge is 2.34. The predicted octanol–water partition coefficient (Wildman–Crippen LogP) is 0.930. The summed E-state index contributed by atoms with van der Waals surface area (Å²) in [4.78, 5) is 22.8. The van der Waals surface area contributed by atoms with Gasteiger partial charge in [-0.05, 0) is 49.9 Å². The van der Waals surface area contributed by atoms with Gasteiger partial charge in [0.25, 0.3) is 0 Å². The van der Waals surface area contributed by atoms with Gasteiger partial charge in [-0.2, -0.15) is 4.31 Å². The van der Waals surface area contributed by atoms with Crippen LogP contribution in [0.5, 0.6) is 0 Å². The largest absolute Gasteiger partial charge is 0.351 e. The molecule has 2 N–H and O–H groups in total. The number of rotatable bonds is 5. The second-order valence-electron chi connectivity index (χ2n) is 6.30. The molecule has 1 fully saturated rings. The van der Waals surface area contributed by atoms with Gasteiger partial charge in [-0.25, -0.2) is 12.8 Å². The van der Waals surface area contributed by atoms with Crippen LogP contribution in [0.4, 0.5) is 4.39 Å². The molecule has 1 saturated heterocycles. The van der Waals surface area contributed by atoms with Crippen molar-refractivity contribution in [1.82, 2.24) is 14.9 Å². The zero-order chi connectivity index (χ0) is 19.3. The number of piperidine rings is 1. The van der Waals surface area contributed by atoms with Crippen molar-refractivity contribution < 1.29 is 22.4 Å². The van der Waals surface area contributed by atoms with Crippen LogP contribution in [0.2, 0.25) is 0 Å². The maximum absolute atomic E-state index is 13.3. The molecule has 1 aliphatic heterocycles. The highest BCUT2D eigenvalue weighted by molar-refractivity contribution is 7.89. The maximum atomic E-state index is 13.3. The first-order valence-electron chi connectivity index (χ1n) is 8.55. The Labute approximate surface area is 153 Å². The minimum atomic E-state index is -3.76. The average molecular weight is 385 g/mol. The lowest BCUT2D eigenvalue weighted by Crippen LogP contribution is -2.46. The summed E-state index contributed by atoms with van der Waals surface area (Å²) in [6.07, 6.45) is 2.72. The van der Waals surface area contributed by atoms with E-state index in [0.717, 1.165) is 18.9 Å². The third-order valence-corrected chi connectivity index (χ3v) is 6.61. The van der Waals surface area contributed by atoms with Gasteiger partial charge < -0.3 is 10.6 Å². The lowest BCUT2D eigenvalue weighted by molar-refractivity contribution is -0.138. The van der Waals surface area contributed by atoms with Crippen molar-refractivity contribution in [2.24, 2.45) is 0 Å². The monoisotopic (exact) mass is 385 g/mol. The van der Waals surface area contributed by atoms with Crippen LogP contribution in [0.3, 0.4) is 0 Å². The van der Waals surface area contributed by atoms with Gasteiger partial charge >= 0.3 is 11.8 Å². The van der Waals surface area contributed by atoms with Gasteiger partial charge in [0.15, 0.2) is 0 Å². The molecule has 0 radical (unpaired) electrons. The Bertz CT molecular complexity index is 782. The number of hydrogen-bond donors (Lipinski definition) is 2. The number of nitrogens with zero attached hydrogens (tertiary/aromatic N) is 1. The minimum Gasteiger partial charge on any atom is -0.351 e. The summed E-state index contributed by atoms with van der Waals surface area (Å²) in [5.41, 5.74) is 0.363. The molecule has 0 saturated carbocycles. The fourth-order valence-electron chi connectivity index (χ4n) is 3.15. The van der Waals surface area contributed by atoms with E-state index in [1.165, 1.54) is 23.5 Å². The summed E-state index contributed by atoms with van der Waals surface area (Å²) in [7, 11) is -2.39. The molecule has 0 aliphatic carbocycles. The Morgan fingerprint density at radius 3 is 2.65 bits per heavy atom. The van der Waals surface area contributed by atoms with Crippen LogP contribution in [0.15, 0.2) is 23.1 Å². The van der Waals surface area contributed by atoms with E-state index in [-0.39, 0.29) is 17.5 Å². The second-order valence-corrected chi connectivity index (χ2v) is 8.16. The van der Waals surface area contributed by atoms with E-state index >= 15 is 0 Å². The number of sulfonamides is 1. The van der Waals surface area contributed by atoms with Crippen LogP contribution in [0, 0.1) is 12.7 Å². The molecule has 26 heavy (non-hydrogen) atoms. The van der Waals surface area contributed by atoms with Crippen LogP contribution < -0.4 is 10.6 Å². The number of amides is 2. The number of nitrogens with one attached hydrogen (secondary N) is 2. The number of likely N-dealkylation sites (N-methyl/N-ethyl adjacent to an activating group) is 1. The first-order chi connectivity index (χ1) is 12.3. The van der Waals surface area contributed by atoms with E-state index in [9.17, 15) is 22.4 Å². The molecule has 0 bridgehead atoms. The van der Waals surface area contributed by atoms with Crippen molar-refractivity contribution in [2.45, 2.75) is 43.5 Å². The highest BCUT2D eigenvalue weighted by Crippen LogP contribution is 2.28. The standard InChI is InChI=1S/C17H24FN3O4S/c1-12-11-13(18)6-7-15(12)26(24,25)21-10-4-3-5-14(21)8-9-20-17(23)16(22)19-2/h6-7,11,14H,3-5,8-10H2,1-2H3,(H,19,22)(H,20,23)/t14-/m1/s1. The van der Waals surface area contributed by atoms with Crippen LogP contribution in [-0.2, 0) is 19.6 Å². The Morgan fingerprint density at radius 2 is 2.00 bits per heavy atom. The highest BCUT2D eigenvalue weighted by atomic mass is 32.2. The normalized spacial score (nSPS) is 18.3. The van der Waals surface area contributed by atoms with Crippen molar-refractivity contribution in [3.63, 3.8) is 0 Å². The molecule has 2 amide bonds. The Balaban J connectivity index is 2.12. The second kappa shape index (κ2) is 8.59. The van der Waals surface area contributed by atoms with Crippen molar-refractivity contribution in [3.8, 4) is 0 Å². The van der Waals surface area contributed by atoms with Crippen LogP contribution >= 0.6 is 0 Å². The van der Waals surface area contributed by atoms with Crippen LogP contribution in [0.25, 0.3) is 0 Å². The topological polar surface area (TPSA) is 95.6 Å². The Hall–Kier alpha value is -2.00. The van der Waals surface area contributed by atoms with E-state index < -0.39 is 27.7 Å². The number of aryl methyl sites for hydroxylation is 1. The Morgan fingerprint density at radius 1 is 1.27 bits per heavy atom. The molecule has 1 aromatic carbocycles. The SMILES string of the molecule is CNC(=O)C(=O)NCC[C@H]1CCCCN1S(=O)(=O)c1ccc(F)cc1C. The summed E-state index contributed by atoms with van der Waals surface area (Å²) in [5.74, 6) is -1.96. The zero-order valence-electron chi connectivity index (χ0n) is 14.9. The molecular formula is C17H24FN3O4S. The molecule has 1 atom stereocenters. The van der Waals surface area contributed by atoms with Gasteiger partial charge in [0.1, 0.15) is 5.82 Å². The van der Waals surface area contributed by atoms with Gasteiger partial charge in [-0.15, -0.1) is 0 Å². The molecule has 9 heteroatoms. The molecule has 7 nitrogen and oxygen atoms in total. The summed E-state index contributed by atoms with van der Waals surface area (Å²) in [5, 5.41) is 4.72. The summed E-state index contributed by atoms with van der Waals surface area (Å²) >= 11 is 0. The number of carbonyl (C=O) groups excluding carboxylic acids is 2. The predicted molar refractivity (Wildman–Crippen MR) is 94.4 cm³/mol. The number of halogens is 1. The molecule has 0 unspecified atom stereocenters. The van der Waals surface area contributed by atoms with Crippen molar-refractivity contribution in [3.05, 3.63) is 29.6 Å². The van der Waals surface area contributed by atoms with Gasteiger partial charge in [-0.3, -0.25) is 9.59 Å². The summed E-state index contributed by atoms with van der Waals surface area (Å²) in [6.45, 7) is 2.15. The summed E-state index contributed by atoms with van der Waals surface area (Å²) in [6, 6.07) is 3.36. The first-order valence-corrected chi connectivity index (χ1v) is 9.99. The minimum absolute atomic E-state index is 0.0974. The first kappa shape index (κ1) is 20.3. The van der Waals surface area contributed by atoms with Crippen molar-refractivity contribution in [1.29, 1.82) is 0 Å². The van der Waals surface area contributed by atoms with Crippen molar-refractivity contribution in [2.75, 3.05) is 20.1 Å². The van der Waals surface area contributed by atoms with E-state index in [0.29, 0.717) is 24.9 Å². The molecule has 2 rings (SSSR count). The fourth-order valence-corrected chi connectivity index (χ4v) is 5.08. The molecule has 144 valence electrons.